The van der Waals surface area contributed by atoms with Gasteiger partial charge in [-0.3, -0.25) is 9.59 Å². The SMILES string of the molecule is C1CCNCC1.CS(=O)(=O)c1ccc(Cl)c(C(=O)N2CCN(c3ccc(Cl)c(Cl)c3)CC2)c1.CS(=O)(=O)c1ccc(N2CCCCC2)c(C(=O)N2CCN(c3ccc(Cl)c(Cl)c3)CC2)c1. The number of nitrogens with one attached hydrogen (secondary N) is 1. The van der Waals surface area contributed by atoms with Crippen molar-refractivity contribution in [3.05, 3.63) is 109 Å². The zero-order chi connectivity index (χ0) is 46.9. The highest BCUT2D eigenvalue weighted by molar-refractivity contribution is 7.91. The van der Waals surface area contributed by atoms with Crippen molar-refractivity contribution in [2.45, 2.75) is 48.3 Å². The first-order valence-corrected chi connectivity index (χ1v) is 27.4. The molecule has 19 heteroatoms. The third kappa shape index (κ3) is 13.8. The summed E-state index contributed by atoms with van der Waals surface area (Å²) < 4.78 is 47.8. The van der Waals surface area contributed by atoms with Crippen molar-refractivity contribution in [3.63, 3.8) is 0 Å². The summed E-state index contributed by atoms with van der Waals surface area (Å²) >= 11 is 30.3. The molecule has 4 aliphatic rings. The standard InChI is InChI=1S/C23H27Cl2N3O3S.C18H17Cl3N2O3S.C5H11N/c1-32(30,31)18-6-8-22(27-9-3-2-4-10-27)19(16-18)23(29)28-13-11-26(12-14-28)17-5-7-20(24)21(25)15-17;1-27(25,26)13-3-5-15(19)14(11-13)18(24)23-8-6-22(7-9-23)12-2-4-16(20)17(21)10-12;1-2-4-6-5-3-1/h5-8,15-16H,2-4,9-14H2,1H3;2-5,10-11H,6-9H2,1H3;6H,1-5H2. The summed E-state index contributed by atoms with van der Waals surface area (Å²) in [4.78, 5) is 36.6. The fourth-order valence-electron chi connectivity index (χ4n) is 8.07. The van der Waals surface area contributed by atoms with Gasteiger partial charge in [-0.2, -0.15) is 0 Å². The van der Waals surface area contributed by atoms with Crippen molar-refractivity contribution >= 4 is 107 Å². The molecule has 8 rings (SSSR count). The zero-order valence-corrected chi connectivity index (χ0v) is 42.0. The molecular weight excluding hydrogens is 974 g/mol. The highest BCUT2D eigenvalue weighted by Crippen LogP contribution is 2.32. The van der Waals surface area contributed by atoms with E-state index in [1.165, 1.54) is 63.2 Å². The number of nitrogens with zero attached hydrogens (tertiary/aromatic N) is 5. The fourth-order valence-corrected chi connectivity index (χ4v) is 10.1. The number of sulfone groups is 2. The van der Waals surface area contributed by atoms with Gasteiger partial charge in [0.15, 0.2) is 19.7 Å². The van der Waals surface area contributed by atoms with Crippen LogP contribution in [0.15, 0.2) is 82.6 Å². The molecule has 4 fully saturated rings. The lowest BCUT2D eigenvalue weighted by molar-refractivity contribution is 0.0739. The van der Waals surface area contributed by atoms with Gasteiger partial charge in [-0.1, -0.05) is 64.4 Å². The lowest BCUT2D eigenvalue weighted by Gasteiger charge is -2.37. The van der Waals surface area contributed by atoms with Gasteiger partial charge >= 0.3 is 0 Å². The van der Waals surface area contributed by atoms with E-state index in [4.69, 9.17) is 58.0 Å². The average Bonchev–Trinajstić information content (AvgIpc) is 3.31. The van der Waals surface area contributed by atoms with E-state index in [0.29, 0.717) is 78.0 Å². The van der Waals surface area contributed by atoms with E-state index in [1.807, 2.05) is 23.1 Å². The van der Waals surface area contributed by atoms with Gasteiger partial charge in [0.05, 0.1) is 46.0 Å². The minimum absolute atomic E-state index is 0.0738. The monoisotopic (exact) mass is 1030 g/mol. The van der Waals surface area contributed by atoms with Crippen LogP contribution in [0.25, 0.3) is 0 Å². The molecule has 65 heavy (non-hydrogen) atoms. The maximum absolute atomic E-state index is 13.5. The number of carbonyl (C=O) groups excluding carboxylic acids is 2. The number of rotatable bonds is 7. The second-order valence-corrected chi connectivity index (χ2v) is 22.5. The van der Waals surface area contributed by atoms with Gasteiger partial charge in [0.25, 0.3) is 11.8 Å². The van der Waals surface area contributed by atoms with Crippen molar-refractivity contribution in [1.82, 2.24) is 15.1 Å². The molecule has 12 nitrogen and oxygen atoms in total. The predicted octanol–water partition coefficient (Wildman–Crippen LogP) is 9.12. The van der Waals surface area contributed by atoms with E-state index >= 15 is 0 Å². The van der Waals surface area contributed by atoms with Crippen LogP contribution in [0.3, 0.4) is 0 Å². The molecule has 0 aromatic heterocycles. The number of carbonyl (C=O) groups is 2. The molecule has 0 atom stereocenters. The van der Waals surface area contributed by atoms with Crippen molar-refractivity contribution in [2.24, 2.45) is 0 Å². The summed E-state index contributed by atoms with van der Waals surface area (Å²) in [5, 5.41) is 5.52. The predicted molar refractivity (Wildman–Crippen MR) is 266 cm³/mol. The Morgan fingerprint density at radius 3 is 1.28 bits per heavy atom. The maximum atomic E-state index is 13.5. The van der Waals surface area contributed by atoms with Crippen molar-refractivity contribution in [3.8, 4) is 0 Å². The van der Waals surface area contributed by atoms with Crippen molar-refractivity contribution in [2.75, 3.05) is 106 Å². The molecule has 352 valence electrons. The first-order chi connectivity index (χ1) is 30.9. The van der Waals surface area contributed by atoms with Crippen LogP contribution in [0.2, 0.25) is 25.1 Å². The smallest absolute Gasteiger partial charge is 0.256 e. The second-order valence-electron chi connectivity index (χ2n) is 16.5. The number of halogens is 5. The topological polar surface area (TPSA) is 131 Å². The van der Waals surface area contributed by atoms with Gasteiger partial charge in [0.2, 0.25) is 0 Å². The first kappa shape index (κ1) is 50.9. The van der Waals surface area contributed by atoms with Crippen LogP contribution in [-0.2, 0) is 19.7 Å². The van der Waals surface area contributed by atoms with Crippen LogP contribution in [0.5, 0.6) is 0 Å². The molecule has 4 aromatic rings. The van der Waals surface area contributed by atoms with Gasteiger partial charge in [-0.05, 0) is 118 Å². The Bertz CT molecular complexity index is 2530. The molecule has 4 saturated heterocycles. The van der Waals surface area contributed by atoms with E-state index < -0.39 is 19.7 Å². The molecule has 1 N–H and O–H groups in total. The number of benzene rings is 4. The third-order valence-electron chi connectivity index (χ3n) is 11.8. The quantitative estimate of drug-likeness (QED) is 0.191. The Morgan fingerprint density at radius 2 is 0.862 bits per heavy atom. The summed E-state index contributed by atoms with van der Waals surface area (Å²) in [5.74, 6) is -0.399. The third-order valence-corrected chi connectivity index (χ3v) is 15.8. The Morgan fingerprint density at radius 1 is 0.446 bits per heavy atom. The minimum Gasteiger partial charge on any atom is -0.371 e. The fraction of sp³-hybridized carbons (Fsp3) is 0.435. The summed E-state index contributed by atoms with van der Waals surface area (Å²) in [6, 6.07) is 20.1. The zero-order valence-electron chi connectivity index (χ0n) is 36.5. The molecular formula is C46H55Cl5N6O6S2. The van der Waals surface area contributed by atoms with Crippen molar-refractivity contribution in [1.29, 1.82) is 0 Å². The van der Waals surface area contributed by atoms with E-state index in [9.17, 15) is 26.4 Å². The number of anilines is 3. The van der Waals surface area contributed by atoms with Gasteiger partial charge in [0.1, 0.15) is 0 Å². The number of hydrogen-bond acceptors (Lipinski definition) is 10. The summed E-state index contributed by atoms with van der Waals surface area (Å²) in [6.07, 6.45) is 9.81. The second kappa shape index (κ2) is 23.0. The molecule has 0 aliphatic carbocycles. The first-order valence-electron chi connectivity index (χ1n) is 21.7. The molecule has 0 saturated carbocycles. The molecule has 0 bridgehead atoms. The Hall–Kier alpha value is -3.47. The molecule has 0 unspecified atom stereocenters. The minimum atomic E-state index is -3.42. The summed E-state index contributed by atoms with van der Waals surface area (Å²) in [6.45, 7) is 8.87. The molecule has 2 amide bonds. The Balaban J connectivity index is 0.000000193. The highest BCUT2D eigenvalue weighted by atomic mass is 35.5. The largest absolute Gasteiger partial charge is 0.371 e. The Labute approximate surface area is 408 Å². The number of hydrogen-bond donors (Lipinski definition) is 1. The summed E-state index contributed by atoms with van der Waals surface area (Å²) in [7, 11) is -6.83. The maximum Gasteiger partial charge on any atom is 0.256 e. The van der Waals surface area contributed by atoms with Crippen LogP contribution in [0.1, 0.15) is 59.2 Å². The number of piperidine rings is 2. The van der Waals surface area contributed by atoms with Gasteiger partial charge in [-0.15, -0.1) is 0 Å². The van der Waals surface area contributed by atoms with Crippen LogP contribution >= 0.6 is 58.0 Å². The average molecular weight is 1030 g/mol. The van der Waals surface area contributed by atoms with Crippen LogP contribution in [-0.4, -0.2) is 129 Å². The number of piperazine rings is 2. The number of amides is 2. The van der Waals surface area contributed by atoms with Gasteiger partial charge in [-0.25, -0.2) is 16.8 Å². The lowest BCUT2D eigenvalue weighted by Crippen LogP contribution is -2.49. The van der Waals surface area contributed by atoms with Crippen molar-refractivity contribution < 1.29 is 26.4 Å². The van der Waals surface area contributed by atoms with Crippen LogP contribution in [0, 0.1) is 0 Å². The van der Waals surface area contributed by atoms with Gasteiger partial charge < -0.3 is 29.8 Å². The van der Waals surface area contributed by atoms with E-state index in [0.717, 1.165) is 49.2 Å². The van der Waals surface area contributed by atoms with E-state index in [1.54, 1.807) is 41.3 Å². The molecule has 4 heterocycles. The molecule has 0 spiro atoms. The van der Waals surface area contributed by atoms with Gasteiger partial charge in [0, 0.05) is 95.0 Å². The van der Waals surface area contributed by atoms with Crippen LogP contribution < -0.4 is 20.0 Å². The molecule has 4 aromatic carbocycles. The van der Waals surface area contributed by atoms with E-state index in [-0.39, 0.29) is 32.2 Å². The van der Waals surface area contributed by atoms with Crippen LogP contribution in [0.4, 0.5) is 17.1 Å². The summed E-state index contributed by atoms with van der Waals surface area (Å²) in [5.41, 5.74) is 3.41. The molecule has 4 aliphatic heterocycles. The lowest BCUT2D eigenvalue weighted by atomic mass is 10.1. The van der Waals surface area contributed by atoms with E-state index in [2.05, 4.69) is 20.0 Å². The molecule has 0 radical (unpaired) electrons. The Kier molecular flexibility index (Phi) is 18.0. The normalized spacial score (nSPS) is 17.1. The highest BCUT2D eigenvalue weighted by Gasteiger charge is 2.29.